The average Bonchev–Trinajstić information content (AvgIpc) is 3.21. The molecule has 28 heavy (non-hydrogen) atoms. The van der Waals surface area contributed by atoms with Crippen LogP contribution in [0.15, 0.2) is 69.9 Å². The lowest BCUT2D eigenvalue weighted by Crippen LogP contribution is -2.29. The second-order valence-electron chi connectivity index (χ2n) is 6.65. The van der Waals surface area contributed by atoms with Crippen LogP contribution in [0.2, 0.25) is 0 Å². The minimum Gasteiger partial charge on any atom is -0.469 e. The maximum absolute atomic E-state index is 13.0. The van der Waals surface area contributed by atoms with E-state index in [0.29, 0.717) is 29.1 Å². The van der Waals surface area contributed by atoms with Crippen molar-refractivity contribution in [3.8, 4) is 6.07 Å². The molecule has 0 fully saturated rings. The number of hydrogen-bond acceptors (Lipinski definition) is 7. The molecule has 1 aromatic heterocycles. The van der Waals surface area contributed by atoms with Crippen LogP contribution in [-0.2, 0) is 9.53 Å². The number of nitro benzene ring substituents is 1. The van der Waals surface area contributed by atoms with E-state index in [2.05, 4.69) is 0 Å². The fourth-order valence-corrected chi connectivity index (χ4v) is 3.75. The Morgan fingerprint density at radius 3 is 2.57 bits per heavy atom. The number of Topliss-reactive ketones (excluding diaryl/α,β-unsaturated/α-hetero) is 1. The van der Waals surface area contributed by atoms with Crippen molar-refractivity contribution >= 4 is 11.5 Å². The number of ketones is 1. The summed E-state index contributed by atoms with van der Waals surface area (Å²) in [5.74, 6) is 0.0000666. The average molecular weight is 377 g/mol. The van der Waals surface area contributed by atoms with Crippen molar-refractivity contribution in [3.05, 3.63) is 86.9 Å². The Labute approximate surface area is 159 Å². The van der Waals surface area contributed by atoms with Gasteiger partial charge in [-0.3, -0.25) is 14.9 Å². The van der Waals surface area contributed by atoms with Crippen LogP contribution < -0.4 is 5.73 Å². The molecular weight excluding hydrogens is 362 g/mol. The van der Waals surface area contributed by atoms with Gasteiger partial charge in [0.1, 0.15) is 23.2 Å². The van der Waals surface area contributed by atoms with Gasteiger partial charge in [0, 0.05) is 36.5 Å². The van der Waals surface area contributed by atoms with E-state index in [4.69, 9.17) is 14.9 Å². The molecule has 0 spiro atoms. The lowest BCUT2D eigenvalue weighted by molar-refractivity contribution is -0.384. The molecule has 140 valence electrons. The number of hydrogen-bond donors (Lipinski definition) is 1. The lowest BCUT2D eigenvalue weighted by atomic mass is 9.74. The number of nitrogens with two attached hydrogens (primary N) is 1. The van der Waals surface area contributed by atoms with E-state index in [9.17, 15) is 20.2 Å². The van der Waals surface area contributed by atoms with E-state index in [-0.39, 0.29) is 35.3 Å². The van der Waals surface area contributed by atoms with Crippen molar-refractivity contribution in [2.75, 3.05) is 0 Å². The normalized spacial score (nSPS) is 21.8. The van der Waals surface area contributed by atoms with Crippen molar-refractivity contribution in [1.82, 2.24) is 0 Å². The predicted octanol–water partition coefficient (Wildman–Crippen LogP) is 3.40. The van der Waals surface area contributed by atoms with Crippen molar-refractivity contribution in [3.63, 3.8) is 0 Å². The summed E-state index contributed by atoms with van der Waals surface area (Å²) in [6, 6.07) is 11.3. The van der Waals surface area contributed by atoms with Crippen molar-refractivity contribution in [1.29, 1.82) is 5.26 Å². The van der Waals surface area contributed by atoms with Gasteiger partial charge < -0.3 is 14.9 Å². The molecule has 2 heterocycles. The fraction of sp³-hybridized carbons (Fsp3) is 0.200. The Balaban J connectivity index is 1.78. The van der Waals surface area contributed by atoms with Gasteiger partial charge >= 0.3 is 0 Å². The van der Waals surface area contributed by atoms with Crippen LogP contribution in [0.25, 0.3) is 0 Å². The monoisotopic (exact) mass is 377 g/mol. The zero-order valence-corrected chi connectivity index (χ0v) is 14.6. The SMILES string of the molecule is N#CC1=C(N)OC2=C(C(=O)C[C@H](c3ccco3)C2)[C@@H]1c1ccc([N+](=O)[O-])cc1. The van der Waals surface area contributed by atoms with E-state index < -0.39 is 10.8 Å². The van der Waals surface area contributed by atoms with Crippen LogP contribution in [-0.4, -0.2) is 10.7 Å². The standard InChI is InChI=1S/C20H15N3O5/c21-10-14-18(11-3-5-13(6-4-11)23(25)26)19-15(24)8-12(16-2-1-7-27-16)9-17(19)28-20(14)22/h1-7,12,18H,8-9,22H2/t12-,18+/m0/s1. The molecule has 2 aliphatic rings. The first-order chi connectivity index (χ1) is 13.5. The van der Waals surface area contributed by atoms with Crippen LogP contribution in [0, 0.1) is 21.4 Å². The molecule has 2 atom stereocenters. The summed E-state index contributed by atoms with van der Waals surface area (Å²) < 4.78 is 11.1. The molecule has 2 aromatic rings. The first-order valence-corrected chi connectivity index (χ1v) is 8.61. The molecule has 2 N–H and O–H groups in total. The third-order valence-corrected chi connectivity index (χ3v) is 5.04. The number of carbonyl (C=O) groups is 1. The van der Waals surface area contributed by atoms with Gasteiger partial charge in [-0.25, -0.2) is 0 Å². The van der Waals surface area contributed by atoms with Crippen molar-refractivity contribution in [2.45, 2.75) is 24.7 Å². The summed E-state index contributed by atoms with van der Waals surface area (Å²) in [5.41, 5.74) is 6.97. The third-order valence-electron chi connectivity index (χ3n) is 5.04. The molecule has 1 aliphatic heterocycles. The summed E-state index contributed by atoms with van der Waals surface area (Å²) >= 11 is 0. The smallest absolute Gasteiger partial charge is 0.269 e. The molecule has 1 aliphatic carbocycles. The number of ether oxygens (including phenoxy) is 1. The summed E-state index contributed by atoms with van der Waals surface area (Å²) in [5, 5.41) is 20.5. The maximum atomic E-state index is 13.0. The minimum atomic E-state index is -0.709. The largest absolute Gasteiger partial charge is 0.469 e. The van der Waals surface area contributed by atoms with Gasteiger partial charge in [0.2, 0.25) is 5.88 Å². The van der Waals surface area contributed by atoms with E-state index in [1.54, 1.807) is 18.4 Å². The molecule has 0 amide bonds. The van der Waals surface area contributed by atoms with Crippen LogP contribution in [0.4, 0.5) is 5.69 Å². The molecular formula is C20H15N3O5. The summed E-state index contributed by atoms with van der Waals surface area (Å²) in [6.45, 7) is 0. The predicted molar refractivity (Wildman–Crippen MR) is 96.5 cm³/mol. The number of rotatable bonds is 3. The van der Waals surface area contributed by atoms with Gasteiger partial charge in [-0.2, -0.15) is 5.26 Å². The quantitative estimate of drug-likeness (QED) is 0.640. The number of nitriles is 1. The van der Waals surface area contributed by atoms with E-state index >= 15 is 0 Å². The summed E-state index contributed by atoms with van der Waals surface area (Å²) in [6.07, 6.45) is 2.18. The summed E-state index contributed by atoms with van der Waals surface area (Å²) in [7, 11) is 0. The second kappa shape index (κ2) is 6.70. The zero-order chi connectivity index (χ0) is 19.8. The topological polar surface area (TPSA) is 132 Å². The van der Waals surface area contributed by atoms with Crippen LogP contribution in [0.5, 0.6) is 0 Å². The second-order valence-corrected chi connectivity index (χ2v) is 6.65. The van der Waals surface area contributed by atoms with E-state index in [1.165, 1.54) is 24.3 Å². The van der Waals surface area contributed by atoms with Crippen LogP contribution in [0.3, 0.4) is 0 Å². The first kappa shape index (κ1) is 17.5. The highest BCUT2D eigenvalue weighted by Gasteiger charge is 2.41. The maximum Gasteiger partial charge on any atom is 0.269 e. The number of carbonyl (C=O) groups excluding carboxylic acids is 1. The molecule has 0 unspecified atom stereocenters. The van der Waals surface area contributed by atoms with Gasteiger partial charge in [-0.15, -0.1) is 0 Å². The molecule has 0 bridgehead atoms. The molecule has 4 rings (SSSR count). The van der Waals surface area contributed by atoms with Crippen molar-refractivity contribution < 1.29 is 18.9 Å². The van der Waals surface area contributed by atoms with Gasteiger partial charge in [0.15, 0.2) is 5.78 Å². The van der Waals surface area contributed by atoms with Gasteiger partial charge in [0.25, 0.3) is 5.69 Å². The van der Waals surface area contributed by atoms with Crippen molar-refractivity contribution in [2.24, 2.45) is 5.73 Å². The Kier molecular flexibility index (Phi) is 4.20. The number of furan rings is 1. The zero-order valence-electron chi connectivity index (χ0n) is 14.6. The highest BCUT2D eigenvalue weighted by atomic mass is 16.6. The molecule has 0 saturated carbocycles. The van der Waals surface area contributed by atoms with Crippen LogP contribution in [0.1, 0.15) is 36.0 Å². The summed E-state index contributed by atoms with van der Waals surface area (Å²) in [4.78, 5) is 23.4. The number of benzene rings is 1. The Bertz CT molecular complexity index is 1060. The van der Waals surface area contributed by atoms with Crippen LogP contribution >= 0.6 is 0 Å². The fourth-order valence-electron chi connectivity index (χ4n) is 3.75. The minimum absolute atomic E-state index is 0.0579. The molecule has 0 saturated heterocycles. The molecule has 8 nitrogen and oxygen atoms in total. The number of nitro groups is 1. The lowest BCUT2D eigenvalue weighted by Gasteiger charge is -2.33. The van der Waals surface area contributed by atoms with Gasteiger partial charge in [-0.1, -0.05) is 12.1 Å². The number of non-ortho nitro benzene ring substituents is 1. The van der Waals surface area contributed by atoms with E-state index in [1.807, 2.05) is 6.07 Å². The van der Waals surface area contributed by atoms with Gasteiger partial charge in [0.05, 0.1) is 17.1 Å². The Morgan fingerprint density at radius 1 is 1.21 bits per heavy atom. The molecule has 0 radical (unpaired) electrons. The van der Waals surface area contributed by atoms with Gasteiger partial charge in [-0.05, 0) is 17.7 Å². The molecule has 8 heteroatoms. The number of nitrogens with zero attached hydrogens (tertiary/aromatic N) is 2. The van der Waals surface area contributed by atoms with E-state index in [0.717, 1.165) is 0 Å². The molecule has 1 aromatic carbocycles. The highest BCUT2D eigenvalue weighted by Crippen LogP contribution is 2.46. The first-order valence-electron chi connectivity index (χ1n) is 8.61. The highest BCUT2D eigenvalue weighted by molar-refractivity contribution is 6.00. The Hall–Kier alpha value is -3.86. The number of allylic oxidation sites excluding steroid dienone is 3. The third kappa shape index (κ3) is 2.83. The Morgan fingerprint density at radius 2 is 1.96 bits per heavy atom.